The van der Waals surface area contributed by atoms with Gasteiger partial charge < -0.3 is 20.9 Å². The van der Waals surface area contributed by atoms with Gasteiger partial charge in [-0.05, 0) is 109 Å². The van der Waals surface area contributed by atoms with Crippen molar-refractivity contribution in [3.05, 3.63) is 24.3 Å². The van der Waals surface area contributed by atoms with Crippen LogP contribution in [0, 0.1) is 0 Å². The maximum atomic E-state index is 12.9. The monoisotopic (exact) mass is 831 g/mol. The zero-order valence-electron chi connectivity index (χ0n) is 39.1. The summed E-state index contributed by atoms with van der Waals surface area (Å²) in [4.78, 5) is 36.5. The molecule has 0 saturated heterocycles. The maximum Gasteiger partial charge on any atom is 0.326 e. The number of nitrogens with two attached hydrogens (primary N) is 1. The van der Waals surface area contributed by atoms with Crippen molar-refractivity contribution in [3.8, 4) is 0 Å². The highest BCUT2D eigenvalue weighted by molar-refractivity contribution is 5.83. The lowest BCUT2D eigenvalue weighted by atomic mass is 10.0. The molecule has 7 nitrogen and oxygen atoms in total. The Labute approximate surface area is 365 Å². The van der Waals surface area contributed by atoms with Crippen LogP contribution in [-0.4, -0.2) is 41.6 Å². The van der Waals surface area contributed by atoms with Crippen molar-refractivity contribution in [2.45, 2.75) is 283 Å². The SMILES string of the molecule is CCCCCCCCC/C=C\CCCCCCCCCC(=O)OC(CCCCC/C=C\CCCCCCCCCC)CCCCCCCC(=O)NC(CCCN)C(=O)O. The van der Waals surface area contributed by atoms with Crippen molar-refractivity contribution in [1.29, 1.82) is 0 Å². The van der Waals surface area contributed by atoms with E-state index in [0.29, 0.717) is 32.2 Å². The van der Waals surface area contributed by atoms with Crippen LogP contribution in [0.3, 0.4) is 0 Å². The minimum atomic E-state index is -1.00. The van der Waals surface area contributed by atoms with Crippen LogP contribution in [0.25, 0.3) is 0 Å². The molecule has 2 atom stereocenters. The molecule has 0 aromatic rings. The Bertz CT molecular complexity index is 982. The van der Waals surface area contributed by atoms with E-state index in [9.17, 15) is 19.5 Å². The zero-order chi connectivity index (χ0) is 43.1. The van der Waals surface area contributed by atoms with Gasteiger partial charge in [-0.2, -0.15) is 0 Å². The Morgan fingerprint density at radius 3 is 1.24 bits per heavy atom. The summed E-state index contributed by atoms with van der Waals surface area (Å²) in [5.74, 6) is -1.23. The number of amides is 1. The van der Waals surface area contributed by atoms with Gasteiger partial charge in [0.2, 0.25) is 5.91 Å². The number of allylic oxidation sites excluding steroid dienone is 4. The zero-order valence-corrected chi connectivity index (χ0v) is 39.1. The van der Waals surface area contributed by atoms with E-state index < -0.39 is 12.0 Å². The van der Waals surface area contributed by atoms with E-state index in [4.69, 9.17) is 10.5 Å². The lowest BCUT2D eigenvalue weighted by Crippen LogP contribution is -2.40. The van der Waals surface area contributed by atoms with Crippen LogP contribution in [0.5, 0.6) is 0 Å². The number of carboxylic acid groups (broad SMARTS) is 1. The number of hydrogen-bond acceptors (Lipinski definition) is 5. The van der Waals surface area contributed by atoms with Gasteiger partial charge in [0.15, 0.2) is 0 Å². The van der Waals surface area contributed by atoms with Crippen LogP contribution in [0.1, 0.15) is 271 Å². The number of esters is 1. The number of carbonyl (C=O) groups excluding carboxylic acids is 2. The van der Waals surface area contributed by atoms with Gasteiger partial charge in [0.25, 0.3) is 0 Å². The molecule has 1 amide bonds. The fourth-order valence-electron chi connectivity index (χ4n) is 7.85. The molecular weight excluding hydrogens is 733 g/mol. The molecule has 0 rings (SSSR count). The highest BCUT2D eigenvalue weighted by Gasteiger charge is 2.19. The van der Waals surface area contributed by atoms with Crippen LogP contribution in [0.4, 0.5) is 0 Å². The summed E-state index contributed by atoms with van der Waals surface area (Å²) in [7, 11) is 0. The van der Waals surface area contributed by atoms with E-state index in [0.717, 1.165) is 70.6 Å². The Hall–Kier alpha value is -2.15. The molecule has 0 aromatic heterocycles. The summed E-state index contributed by atoms with van der Waals surface area (Å²) < 4.78 is 6.08. The number of aliphatic carboxylic acids is 1. The third-order valence-corrected chi connectivity index (χ3v) is 11.7. The predicted molar refractivity (Wildman–Crippen MR) is 253 cm³/mol. The second-order valence-electron chi connectivity index (χ2n) is 17.6. The molecule has 59 heavy (non-hydrogen) atoms. The summed E-state index contributed by atoms with van der Waals surface area (Å²) in [5.41, 5.74) is 5.50. The van der Waals surface area contributed by atoms with Gasteiger partial charge in [0.1, 0.15) is 12.1 Å². The average molecular weight is 831 g/mol. The first-order chi connectivity index (χ1) is 28.9. The molecule has 0 heterocycles. The quantitative estimate of drug-likeness (QED) is 0.0319. The molecular formula is C52H98N2O5. The lowest BCUT2D eigenvalue weighted by molar-refractivity contribution is -0.150. The molecule has 0 aliphatic heterocycles. The summed E-state index contributed by atoms with van der Waals surface area (Å²) >= 11 is 0. The molecule has 0 aliphatic rings. The van der Waals surface area contributed by atoms with Crippen LogP contribution < -0.4 is 11.1 Å². The highest BCUT2D eigenvalue weighted by Crippen LogP contribution is 2.19. The Morgan fingerprint density at radius 1 is 0.475 bits per heavy atom. The number of unbranched alkanes of at least 4 members (excludes halogenated alkanes) is 29. The number of carboxylic acids is 1. The Kier molecular flexibility index (Phi) is 45.2. The van der Waals surface area contributed by atoms with Crippen LogP contribution in [0.15, 0.2) is 24.3 Å². The van der Waals surface area contributed by atoms with Crippen LogP contribution in [-0.2, 0) is 19.1 Å². The summed E-state index contributed by atoms with van der Waals surface area (Å²) in [6.45, 7) is 4.97. The maximum absolute atomic E-state index is 12.9. The van der Waals surface area contributed by atoms with E-state index in [2.05, 4.69) is 43.5 Å². The van der Waals surface area contributed by atoms with Crippen molar-refractivity contribution in [2.24, 2.45) is 5.73 Å². The van der Waals surface area contributed by atoms with Crippen molar-refractivity contribution in [1.82, 2.24) is 5.32 Å². The molecule has 0 bridgehead atoms. The molecule has 0 aliphatic carbocycles. The number of ether oxygens (including phenoxy) is 1. The van der Waals surface area contributed by atoms with Crippen molar-refractivity contribution in [2.75, 3.05) is 6.54 Å². The standard InChI is InChI=1S/C52H98N2O5/c1-3-5-7-9-11-13-15-17-19-20-21-23-25-27-29-31-36-40-46-51(56)59-48(42-37-33-30-28-26-24-22-18-16-14-12-10-8-6-4-2)43-38-34-32-35-39-45-50(55)54-49(52(57)58)44-41-47-53/h19-20,24,26,48-49H,3-18,21-23,25,27-47,53H2,1-2H3,(H,54,55)(H,57,58)/b20-19-,26-24-. The molecule has 346 valence electrons. The van der Waals surface area contributed by atoms with Gasteiger partial charge in [-0.25, -0.2) is 4.79 Å². The third-order valence-electron chi connectivity index (χ3n) is 11.7. The van der Waals surface area contributed by atoms with E-state index in [1.165, 1.54) is 161 Å². The van der Waals surface area contributed by atoms with Crippen molar-refractivity contribution < 1.29 is 24.2 Å². The first kappa shape index (κ1) is 56.9. The fourth-order valence-corrected chi connectivity index (χ4v) is 7.85. The molecule has 0 aromatic carbocycles. The van der Waals surface area contributed by atoms with E-state index in [-0.39, 0.29) is 18.0 Å². The molecule has 2 unspecified atom stereocenters. The molecule has 0 spiro atoms. The number of rotatable bonds is 47. The fraction of sp³-hybridized carbons (Fsp3) is 0.865. The van der Waals surface area contributed by atoms with Gasteiger partial charge in [-0.3, -0.25) is 9.59 Å². The molecule has 0 saturated carbocycles. The van der Waals surface area contributed by atoms with Gasteiger partial charge in [0.05, 0.1) is 0 Å². The first-order valence-electron chi connectivity index (χ1n) is 25.7. The summed E-state index contributed by atoms with van der Waals surface area (Å²) in [5, 5.41) is 12.0. The van der Waals surface area contributed by atoms with Gasteiger partial charge in [0, 0.05) is 12.8 Å². The molecule has 4 N–H and O–H groups in total. The van der Waals surface area contributed by atoms with Crippen LogP contribution in [0.2, 0.25) is 0 Å². The van der Waals surface area contributed by atoms with Gasteiger partial charge in [-0.1, -0.05) is 179 Å². The second-order valence-corrected chi connectivity index (χ2v) is 17.6. The average Bonchev–Trinajstić information content (AvgIpc) is 3.22. The topological polar surface area (TPSA) is 119 Å². The minimum Gasteiger partial charge on any atom is -0.480 e. The second kappa shape index (κ2) is 46.9. The smallest absolute Gasteiger partial charge is 0.326 e. The largest absolute Gasteiger partial charge is 0.480 e. The normalized spacial score (nSPS) is 12.7. The number of hydrogen-bond donors (Lipinski definition) is 3. The Morgan fingerprint density at radius 2 is 0.831 bits per heavy atom. The number of carbonyl (C=O) groups is 3. The molecule has 7 heteroatoms. The molecule has 0 radical (unpaired) electrons. The van der Waals surface area contributed by atoms with Gasteiger partial charge >= 0.3 is 11.9 Å². The first-order valence-corrected chi connectivity index (χ1v) is 25.7. The summed E-state index contributed by atoms with van der Waals surface area (Å²) in [6.07, 6.45) is 55.2. The summed E-state index contributed by atoms with van der Waals surface area (Å²) in [6, 6.07) is -0.858. The van der Waals surface area contributed by atoms with Crippen molar-refractivity contribution >= 4 is 17.8 Å². The van der Waals surface area contributed by atoms with E-state index >= 15 is 0 Å². The highest BCUT2D eigenvalue weighted by atomic mass is 16.5. The predicted octanol–water partition coefficient (Wildman–Crippen LogP) is 15.2. The van der Waals surface area contributed by atoms with E-state index in [1.54, 1.807) is 0 Å². The molecule has 0 fully saturated rings. The Balaban J connectivity index is 4.31. The van der Waals surface area contributed by atoms with Crippen molar-refractivity contribution in [3.63, 3.8) is 0 Å². The third kappa shape index (κ3) is 43.7. The lowest BCUT2D eigenvalue weighted by Gasteiger charge is -2.18. The number of nitrogens with one attached hydrogen (secondary N) is 1. The van der Waals surface area contributed by atoms with Gasteiger partial charge in [-0.15, -0.1) is 0 Å². The minimum absolute atomic E-state index is 0.00290. The van der Waals surface area contributed by atoms with E-state index in [1.807, 2.05) is 0 Å². The van der Waals surface area contributed by atoms with Crippen LogP contribution >= 0.6 is 0 Å².